The van der Waals surface area contributed by atoms with Gasteiger partial charge >= 0.3 is 0 Å². The molecule has 158 valence electrons. The number of aryl methyl sites for hydroxylation is 3. The van der Waals surface area contributed by atoms with Crippen LogP contribution in [0.4, 0.5) is 5.69 Å². The summed E-state index contributed by atoms with van der Waals surface area (Å²) >= 11 is 0. The minimum Gasteiger partial charge on any atom is -0.325 e. The maximum absolute atomic E-state index is 13.9. The van der Waals surface area contributed by atoms with Crippen molar-refractivity contribution in [3.05, 3.63) is 99.6 Å². The number of fused-ring (bicyclic) bond motifs is 1. The summed E-state index contributed by atoms with van der Waals surface area (Å²) in [6.45, 7) is 8.54. The van der Waals surface area contributed by atoms with E-state index in [2.05, 4.69) is 93.7 Å². The molecule has 1 N–H and O–H groups in total. The average Bonchev–Trinajstić information content (AvgIpc) is 2.76. The second-order valence-corrected chi connectivity index (χ2v) is 9.45. The van der Waals surface area contributed by atoms with Gasteiger partial charge in [-0.15, -0.1) is 0 Å². The maximum Gasteiger partial charge on any atom is 0.228 e. The molecule has 0 aliphatic heterocycles. The molecule has 0 saturated carbocycles. The summed E-state index contributed by atoms with van der Waals surface area (Å²) < 4.78 is 0. The molecule has 0 saturated heterocycles. The van der Waals surface area contributed by atoms with Crippen molar-refractivity contribution < 1.29 is 4.79 Å². The van der Waals surface area contributed by atoms with Crippen molar-refractivity contribution in [2.24, 2.45) is 11.8 Å². The maximum atomic E-state index is 13.9. The van der Waals surface area contributed by atoms with Gasteiger partial charge in [0.15, 0.2) is 0 Å². The van der Waals surface area contributed by atoms with Gasteiger partial charge in [0.25, 0.3) is 0 Å². The molecule has 2 nitrogen and oxygen atoms in total. The first-order valence-electron chi connectivity index (χ1n) is 11.6. The third kappa shape index (κ3) is 3.12. The second kappa shape index (κ2) is 7.67. The fraction of sp³-hybridized carbons (Fsp3) is 0.345. The van der Waals surface area contributed by atoms with Crippen molar-refractivity contribution in [2.45, 2.75) is 52.4 Å². The summed E-state index contributed by atoms with van der Waals surface area (Å²) in [5.74, 6) is 0.876. The van der Waals surface area contributed by atoms with Crippen molar-refractivity contribution in [3.8, 4) is 0 Å². The third-order valence-corrected chi connectivity index (χ3v) is 7.43. The molecule has 2 atom stereocenters. The summed E-state index contributed by atoms with van der Waals surface area (Å²) in [6, 6.07) is 21.9. The highest BCUT2D eigenvalue weighted by atomic mass is 16.1. The van der Waals surface area contributed by atoms with Crippen LogP contribution < -0.4 is 5.32 Å². The van der Waals surface area contributed by atoms with Crippen LogP contribution in [0.25, 0.3) is 0 Å². The summed E-state index contributed by atoms with van der Waals surface area (Å²) in [4.78, 5) is 13.9. The molecule has 0 fully saturated rings. The lowest BCUT2D eigenvalue weighted by molar-refractivity contribution is -0.123. The van der Waals surface area contributed by atoms with Crippen molar-refractivity contribution in [1.29, 1.82) is 0 Å². The molecule has 0 radical (unpaired) electrons. The summed E-state index contributed by atoms with van der Waals surface area (Å²) in [5, 5.41) is 3.37. The first-order valence-corrected chi connectivity index (χ1v) is 11.6. The monoisotopic (exact) mass is 409 g/mol. The molecule has 3 aromatic rings. The molecular weight excluding hydrogens is 378 g/mol. The van der Waals surface area contributed by atoms with E-state index in [0.717, 1.165) is 29.7 Å². The van der Waals surface area contributed by atoms with Crippen molar-refractivity contribution in [2.75, 3.05) is 5.32 Å². The minimum atomic E-state index is -0.0464. The highest BCUT2D eigenvalue weighted by Crippen LogP contribution is 2.59. The van der Waals surface area contributed by atoms with Crippen LogP contribution in [0.2, 0.25) is 0 Å². The molecule has 0 heterocycles. The SMILES string of the molecule is CCC[C@H]1C2c3ccccc3C(c3ccccc32)[C@H]1C(=O)Nc1c(C)cc(C)cc1C. The van der Waals surface area contributed by atoms with Gasteiger partial charge in [0.05, 0.1) is 5.92 Å². The fourth-order valence-corrected chi connectivity index (χ4v) is 6.40. The van der Waals surface area contributed by atoms with Crippen molar-refractivity contribution in [3.63, 3.8) is 0 Å². The Kier molecular flexibility index (Phi) is 4.97. The topological polar surface area (TPSA) is 29.1 Å². The number of carbonyl (C=O) groups is 1. The molecule has 6 rings (SSSR count). The van der Waals surface area contributed by atoms with E-state index < -0.39 is 0 Å². The normalized spacial score (nSPS) is 23.2. The fourth-order valence-electron chi connectivity index (χ4n) is 6.40. The Labute approximate surface area is 185 Å². The molecule has 3 aromatic carbocycles. The summed E-state index contributed by atoms with van der Waals surface area (Å²) in [6.07, 6.45) is 2.15. The largest absolute Gasteiger partial charge is 0.325 e. The van der Waals surface area contributed by atoms with Gasteiger partial charge in [-0.2, -0.15) is 0 Å². The van der Waals surface area contributed by atoms with Gasteiger partial charge in [0, 0.05) is 17.5 Å². The van der Waals surface area contributed by atoms with E-state index in [4.69, 9.17) is 0 Å². The Hall–Kier alpha value is -2.87. The zero-order valence-electron chi connectivity index (χ0n) is 18.9. The minimum absolute atomic E-state index is 0.0464. The predicted molar refractivity (Wildman–Crippen MR) is 128 cm³/mol. The van der Waals surface area contributed by atoms with Gasteiger partial charge in [-0.1, -0.05) is 79.6 Å². The Morgan fingerprint density at radius 3 is 1.77 bits per heavy atom. The van der Waals surface area contributed by atoms with E-state index >= 15 is 0 Å². The third-order valence-electron chi connectivity index (χ3n) is 7.43. The van der Waals surface area contributed by atoms with Gasteiger partial charge in [-0.3, -0.25) is 4.79 Å². The smallest absolute Gasteiger partial charge is 0.228 e. The van der Waals surface area contributed by atoms with Crippen LogP contribution in [0.1, 0.15) is 70.5 Å². The van der Waals surface area contributed by atoms with Gasteiger partial charge in [0.1, 0.15) is 0 Å². The van der Waals surface area contributed by atoms with Crippen LogP contribution in [0.15, 0.2) is 60.7 Å². The van der Waals surface area contributed by atoms with Gasteiger partial charge in [-0.05, 0) is 66.5 Å². The molecular formula is C29H31NO. The predicted octanol–water partition coefficient (Wildman–Crippen LogP) is 6.87. The number of amides is 1. The van der Waals surface area contributed by atoms with Gasteiger partial charge < -0.3 is 5.32 Å². The number of carbonyl (C=O) groups excluding carboxylic acids is 1. The number of hydrogen-bond donors (Lipinski definition) is 1. The lowest BCUT2D eigenvalue weighted by atomic mass is 9.53. The lowest BCUT2D eigenvalue weighted by Gasteiger charge is -2.50. The molecule has 3 aliphatic carbocycles. The van der Waals surface area contributed by atoms with Crippen LogP contribution >= 0.6 is 0 Å². The number of rotatable bonds is 4. The number of anilines is 1. The molecule has 1 amide bonds. The molecule has 0 spiro atoms. The van der Waals surface area contributed by atoms with Crippen LogP contribution in [0, 0.1) is 32.6 Å². The zero-order chi connectivity index (χ0) is 21.7. The number of nitrogens with one attached hydrogen (secondary N) is 1. The summed E-state index contributed by atoms with van der Waals surface area (Å²) in [7, 11) is 0. The molecule has 2 bridgehead atoms. The quantitative estimate of drug-likeness (QED) is 0.500. The van der Waals surface area contributed by atoms with Crippen molar-refractivity contribution in [1.82, 2.24) is 0 Å². The standard InChI is InChI=1S/C29H31NO/c1-5-10-24-25-20-11-6-8-13-22(20)26(23-14-9-7-12-21(23)25)27(24)29(31)30-28-18(3)15-17(2)16-19(28)4/h6-9,11-16,24-27H,5,10H2,1-4H3,(H,30,31)/t24-,25?,26?,27-/m0/s1. The Balaban J connectivity index is 1.62. The van der Waals surface area contributed by atoms with Crippen LogP contribution in [0.3, 0.4) is 0 Å². The van der Waals surface area contributed by atoms with E-state index in [1.807, 2.05) is 0 Å². The molecule has 0 unspecified atom stereocenters. The Morgan fingerprint density at radius 1 is 0.806 bits per heavy atom. The number of benzene rings is 3. The lowest BCUT2D eigenvalue weighted by Crippen LogP contribution is -2.45. The van der Waals surface area contributed by atoms with Crippen LogP contribution in [-0.2, 0) is 4.79 Å². The Morgan fingerprint density at radius 2 is 1.29 bits per heavy atom. The van der Waals surface area contributed by atoms with Crippen molar-refractivity contribution >= 4 is 11.6 Å². The van der Waals surface area contributed by atoms with Crippen LogP contribution in [0.5, 0.6) is 0 Å². The highest BCUT2D eigenvalue weighted by Gasteiger charge is 2.51. The molecule has 0 aromatic heterocycles. The van der Waals surface area contributed by atoms with Gasteiger partial charge in [0.2, 0.25) is 5.91 Å². The summed E-state index contributed by atoms with van der Waals surface area (Å²) in [5.41, 5.74) is 10.0. The van der Waals surface area contributed by atoms with Gasteiger partial charge in [-0.25, -0.2) is 0 Å². The average molecular weight is 410 g/mol. The molecule has 31 heavy (non-hydrogen) atoms. The highest BCUT2D eigenvalue weighted by molar-refractivity contribution is 5.96. The first kappa shape index (κ1) is 20.1. The molecule has 2 heteroatoms. The molecule has 3 aliphatic rings. The van der Waals surface area contributed by atoms with Crippen LogP contribution in [-0.4, -0.2) is 5.91 Å². The number of hydrogen-bond acceptors (Lipinski definition) is 1. The zero-order valence-corrected chi connectivity index (χ0v) is 18.9. The van der Waals surface area contributed by atoms with E-state index in [1.165, 1.54) is 27.8 Å². The van der Waals surface area contributed by atoms with E-state index in [-0.39, 0.29) is 17.7 Å². The second-order valence-electron chi connectivity index (χ2n) is 9.45. The van der Waals surface area contributed by atoms with E-state index in [0.29, 0.717) is 11.8 Å². The Bertz CT molecular complexity index is 1090. The van der Waals surface area contributed by atoms with E-state index in [1.54, 1.807) is 0 Å². The first-order chi connectivity index (χ1) is 15.0. The van der Waals surface area contributed by atoms with E-state index in [9.17, 15) is 4.79 Å².